The summed E-state index contributed by atoms with van der Waals surface area (Å²) in [6.45, 7) is 8.47. The highest BCUT2D eigenvalue weighted by Crippen LogP contribution is 2.29. The highest BCUT2D eigenvalue weighted by molar-refractivity contribution is 5.56. The number of aryl methyl sites for hydroxylation is 2. The standard InChI is InChI=1S/C13H19NO2/c1-9-4-11(5-10(2)12(9)14)16-8-13(3)6-15-7-13/h4-5H,6-8,14H2,1-3H3. The Morgan fingerprint density at radius 2 is 1.88 bits per heavy atom. The van der Waals surface area contributed by atoms with Crippen LogP contribution in [0.25, 0.3) is 0 Å². The third kappa shape index (κ3) is 2.14. The third-order valence-corrected chi connectivity index (χ3v) is 3.06. The topological polar surface area (TPSA) is 44.5 Å². The summed E-state index contributed by atoms with van der Waals surface area (Å²) in [7, 11) is 0. The maximum absolute atomic E-state index is 5.89. The second-order valence-corrected chi connectivity index (χ2v) is 5.06. The molecule has 1 aromatic carbocycles. The van der Waals surface area contributed by atoms with Crippen LogP contribution in [0.5, 0.6) is 5.75 Å². The first-order chi connectivity index (χ1) is 7.50. The molecule has 1 fully saturated rings. The van der Waals surface area contributed by atoms with Crippen LogP contribution < -0.4 is 10.5 Å². The summed E-state index contributed by atoms with van der Waals surface area (Å²) in [4.78, 5) is 0. The van der Waals surface area contributed by atoms with E-state index in [1.807, 2.05) is 26.0 Å². The molecule has 0 amide bonds. The highest BCUT2D eigenvalue weighted by atomic mass is 16.5. The lowest BCUT2D eigenvalue weighted by molar-refractivity contribution is -0.120. The predicted octanol–water partition coefficient (Wildman–Crippen LogP) is 2.30. The Balaban J connectivity index is 2.04. The van der Waals surface area contributed by atoms with Crippen molar-refractivity contribution in [2.24, 2.45) is 5.41 Å². The van der Waals surface area contributed by atoms with Gasteiger partial charge in [-0.15, -0.1) is 0 Å². The van der Waals surface area contributed by atoms with Gasteiger partial charge in [0.25, 0.3) is 0 Å². The molecule has 0 radical (unpaired) electrons. The molecule has 1 saturated heterocycles. The number of nitrogens with two attached hydrogens (primary N) is 1. The van der Waals surface area contributed by atoms with Gasteiger partial charge in [0.15, 0.2) is 0 Å². The quantitative estimate of drug-likeness (QED) is 0.796. The van der Waals surface area contributed by atoms with Crippen LogP contribution in [0.1, 0.15) is 18.1 Å². The lowest BCUT2D eigenvalue weighted by Crippen LogP contribution is -2.44. The smallest absolute Gasteiger partial charge is 0.120 e. The van der Waals surface area contributed by atoms with Gasteiger partial charge in [0.2, 0.25) is 0 Å². The molecule has 0 bridgehead atoms. The summed E-state index contributed by atoms with van der Waals surface area (Å²) in [5, 5.41) is 0. The zero-order valence-electron chi connectivity index (χ0n) is 10.2. The van der Waals surface area contributed by atoms with Gasteiger partial charge >= 0.3 is 0 Å². The third-order valence-electron chi connectivity index (χ3n) is 3.06. The molecule has 1 aliphatic heterocycles. The van der Waals surface area contributed by atoms with Crippen molar-refractivity contribution in [3.05, 3.63) is 23.3 Å². The van der Waals surface area contributed by atoms with E-state index in [2.05, 4.69) is 6.92 Å². The lowest BCUT2D eigenvalue weighted by atomic mass is 9.90. The first kappa shape index (κ1) is 11.3. The highest BCUT2D eigenvalue weighted by Gasteiger charge is 2.34. The van der Waals surface area contributed by atoms with Crippen LogP contribution in [0, 0.1) is 19.3 Å². The fourth-order valence-electron chi connectivity index (χ4n) is 1.81. The van der Waals surface area contributed by atoms with Crippen LogP contribution in [-0.2, 0) is 4.74 Å². The first-order valence-electron chi connectivity index (χ1n) is 5.57. The van der Waals surface area contributed by atoms with Crippen molar-refractivity contribution in [3.8, 4) is 5.75 Å². The molecule has 0 aliphatic carbocycles. The Kier molecular flexibility index (Phi) is 2.80. The average Bonchev–Trinajstić information content (AvgIpc) is 2.20. The van der Waals surface area contributed by atoms with Crippen LogP contribution in [0.3, 0.4) is 0 Å². The van der Waals surface area contributed by atoms with Crippen molar-refractivity contribution < 1.29 is 9.47 Å². The molecule has 3 heteroatoms. The van der Waals surface area contributed by atoms with Gasteiger partial charge in [-0.3, -0.25) is 0 Å². The Bertz CT molecular complexity index is 374. The predicted molar refractivity (Wildman–Crippen MR) is 64.7 cm³/mol. The van der Waals surface area contributed by atoms with Crippen LogP contribution in [0.15, 0.2) is 12.1 Å². The maximum Gasteiger partial charge on any atom is 0.120 e. The van der Waals surface area contributed by atoms with Gasteiger partial charge in [0.1, 0.15) is 5.75 Å². The molecule has 0 spiro atoms. The molecule has 2 N–H and O–H groups in total. The van der Waals surface area contributed by atoms with Crippen LogP contribution >= 0.6 is 0 Å². The molecule has 1 aromatic rings. The Morgan fingerprint density at radius 3 is 2.31 bits per heavy atom. The molecule has 16 heavy (non-hydrogen) atoms. The van der Waals surface area contributed by atoms with E-state index in [1.54, 1.807) is 0 Å². The van der Waals surface area contributed by atoms with E-state index < -0.39 is 0 Å². The van der Waals surface area contributed by atoms with Crippen molar-refractivity contribution in [1.29, 1.82) is 0 Å². The Hall–Kier alpha value is -1.22. The number of nitrogen functional groups attached to an aromatic ring is 1. The van der Waals surface area contributed by atoms with E-state index in [-0.39, 0.29) is 5.41 Å². The van der Waals surface area contributed by atoms with E-state index in [4.69, 9.17) is 15.2 Å². The number of anilines is 1. The van der Waals surface area contributed by atoms with Gasteiger partial charge in [0.05, 0.1) is 19.8 Å². The number of hydrogen-bond acceptors (Lipinski definition) is 3. The van der Waals surface area contributed by atoms with Gasteiger partial charge in [-0.2, -0.15) is 0 Å². The van der Waals surface area contributed by atoms with Crippen molar-refractivity contribution >= 4 is 5.69 Å². The molecule has 3 nitrogen and oxygen atoms in total. The van der Waals surface area contributed by atoms with E-state index in [1.165, 1.54) is 0 Å². The molecule has 1 heterocycles. The minimum atomic E-state index is 0.184. The fourth-order valence-corrected chi connectivity index (χ4v) is 1.81. The molecule has 0 saturated carbocycles. The molecular formula is C13H19NO2. The molecule has 0 aromatic heterocycles. The monoisotopic (exact) mass is 221 g/mol. The first-order valence-corrected chi connectivity index (χ1v) is 5.57. The van der Waals surface area contributed by atoms with Crippen molar-refractivity contribution in [3.63, 3.8) is 0 Å². The van der Waals surface area contributed by atoms with Crippen molar-refractivity contribution in [2.45, 2.75) is 20.8 Å². The average molecular weight is 221 g/mol. The van der Waals surface area contributed by atoms with Gasteiger partial charge in [-0.05, 0) is 37.1 Å². The van der Waals surface area contributed by atoms with Crippen molar-refractivity contribution in [2.75, 3.05) is 25.6 Å². The van der Waals surface area contributed by atoms with E-state index in [0.717, 1.165) is 35.8 Å². The Morgan fingerprint density at radius 1 is 1.31 bits per heavy atom. The molecule has 0 atom stereocenters. The van der Waals surface area contributed by atoms with Gasteiger partial charge < -0.3 is 15.2 Å². The molecule has 1 aliphatic rings. The minimum absolute atomic E-state index is 0.184. The molecule has 88 valence electrons. The normalized spacial score (nSPS) is 17.9. The number of rotatable bonds is 3. The zero-order chi connectivity index (χ0) is 11.8. The van der Waals surface area contributed by atoms with Gasteiger partial charge in [-0.25, -0.2) is 0 Å². The summed E-state index contributed by atoms with van der Waals surface area (Å²) in [6, 6.07) is 3.98. The second-order valence-electron chi connectivity index (χ2n) is 5.06. The fraction of sp³-hybridized carbons (Fsp3) is 0.538. The van der Waals surface area contributed by atoms with Crippen LogP contribution in [0.4, 0.5) is 5.69 Å². The van der Waals surface area contributed by atoms with Crippen LogP contribution in [-0.4, -0.2) is 19.8 Å². The second kappa shape index (κ2) is 3.98. The lowest BCUT2D eigenvalue weighted by Gasteiger charge is -2.37. The summed E-state index contributed by atoms with van der Waals surface area (Å²) >= 11 is 0. The van der Waals surface area contributed by atoms with E-state index in [0.29, 0.717) is 6.61 Å². The number of ether oxygens (including phenoxy) is 2. The van der Waals surface area contributed by atoms with Crippen molar-refractivity contribution in [1.82, 2.24) is 0 Å². The number of hydrogen-bond donors (Lipinski definition) is 1. The van der Waals surface area contributed by atoms with Gasteiger partial charge in [-0.1, -0.05) is 6.92 Å². The van der Waals surface area contributed by atoms with Crippen LogP contribution in [0.2, 0.25) is 0 Å². The maximum atomic E-state index is 5.89. The van der Waals surface area contributed by atoms with Gasteiger partial charge in [0, 0.05) is 11.1 Å². The SMILES string of the molecule is Cc1cc(OCC2(C)COC2)cc(C)c1N. The summed E-state index contributed by atoms with van der Waals surface area (Å²) in [5.74, 6) is 0.900. The molecular weight excluding hydrogens is 202 g/mol. The zero-order valence-corrected chi connectivity index (χ0v) is 10.2. The molecule has 2 rings (SSSR count). The minimum Gasteiger partial charge on any atom is -0.493 e. The summed E-state index contributed by atoms with van der Waals surface area (Å²) < 4.78 is 11.0. The summed E-state index contributed by atoms with van der Waals surface area (Å²) in [5.41, 5.74) is 9.08. The van der Waals surface area contributed by atoms with E-state index in [9.17, 15) is 0 Å². The summed E-state index contributed by atoms with van der Waals surface area (Å²) in [6.07, 6.45) is 0. The van der Waals surface area contributed by atoms with E-state index >= 15 is 0 Å². The Labute approximate surface area is 96.5 Å². The molecule has 0 unspecified atom stereocenters. The number of benzene rings is 1. The largest absolute Gasteiger partial charge is 0.493 e.